The second-order valence-electron chi connectivity index (χ2n) is 5.78. The maximum atomic E-state index is 12.6. The number of ketones is 1. The number of methoxy groups -OCH3 is 1. The summed E-state index contributed by atoms with van der Waals surface area (Å²) in [5.41, 5.74) is 2.47. The summed E-state index contributed by atoms with van der Waals surface area (Å²) in [7, 11) is 1.35. The van der Waals surface area contributed by atoms with E-state index in [4.69, 9.17) is 0 Å². The van der Waals surface area contributed by atoms with Crippen molar-refractivity contribution in [2.45, 2.75) is 31.7 Å². The maximum absolute atomic E-state index is 12.6. The number of thioether (sulfide) groups is 1. The Bertz CT molecular complexity index is 840. The van der Waals surface area contributed by atoms with Gasteiger partial charge in [-0.3, -0.25) is 9.59 Å². The number of aromatic carboxylic acids is 1. The van der Waals surface area contributed by atoms with Crippen LogP contribution >= 0.6 is 11.8 Å². The first-order valence-electron chi connectivity index (χ1n) is 8.07. The number of benzene rings is 1. The lowest BCUT2D eigenvalue weighted by molar-refractivity contribution is -0.140. The first-order valence-corrected chi connectivity index (χ1v) is 9.05. The lowest BCUT2D eigenvalue weighted by atomic mass is 10.2. The lowest BCUT2D eigenvalue weighted by Crippen LogP contribution is -2.10. The van der Waals surface area contributed by atoms with Gasteiger partial charge in [0.15, 0.2) is 5.78 Å². The average Bonchev–Trinajstić information content (AvgIpc) is 2.91. The van der Waals surface area contributed by atoms with Crippen molar-refractivity contribution in [3.63, 3.8) is 0 Å². The summed E-state index contributed by atoms with van der Waals surface area (Å²) < 4.78 is 6.57. The number of rotatable bonds is 8. The summed E-state index contributed by atoms with van der Waals surface area (Å²) in [5, 5.41) is 9.22. The molecule has 0 aliphatic rings. The van der Waals surface area contributed by atoms with Crippen LogP contribution in [0, 0.1) is 13.8 Å². The van der Waals surface area contributed by atoms with Crippen LogP contribution in [0.5, 0.6) is 0 Å². The smallest absolute Gasteiger partial charge is 0.336 e. The molecule has 0 atom stereocenters. The molecule has 2 aromatic rings. The van der Waals surface area contributed by atoms with E-state index in [9.17, 15) is 19.5 Å². The second kappa shape index (κ2) is 8.71. The monoisotopic (exact) mass is 375 g/mol. The van der Waals surface area contributed by atoms with E-state index in [1.165, 1.54) is 24.9 Å². The van der Waals surface area contributed by atoms with Gasteiger partial charge in [-0.15, -0.1) is 11.8 Å². The fraction of sp³-hybridized carbons (Fsp3) is 0.316. The zero-order chi connectivity index (χ0) is 19.3. The first-order chi connectivity index (χ1) is 12.3. The highest BCUT2D eigenvalue weighted by Gasteiger charge is 2.18. The third-order valence-electron chi connectivity index (χ3n) is 4.12. The Morgan fingerprint density at radius 1 is 1.15 bits per heavy atom. The van der Waals surface area contributed by atoms with Gasteiger partial charge in [0.2, 0.25) is 0 Å². The topological polar surface area (TPSA) is 85.6 Å². The van der Waals surface area contributed by atoms with Crippen molar-refractivity contribution in [3.05, 3.63) is 52.8 Å². The molecule has 0 amide bonds. The molecule has 1 aromatic carbocycles. The molecule has 6 nitrogen and oxygen atoms in total. The van der Waals surface area contributed by atoms with E-state index in [0.29, 0.717) is 17.0 Å². The van der Waals surface area contributed by atoms with Crippen LogP contribution in [0.4, 0.5) is 0 Å². The lowest BCUT2D eigenvalue weighted by Gasteiger charge is -2.09. The minimum Gasteiger partial charge on any atom is -0.478 e. The third kappa shape index (κ3) is 4.54. The number of aryl methyl sites for hydroxylation is 1. The molecule has 7 heteroatoms. The molecule has 1 heterocycles. The van der Waals surface area contributed by atoms with Crippen molar-refractivity contribution < 1.29 is 24.2 Å². The van der Waals surface area contributed by atoms with E-state index < -0.39 is 5.97 Å². The van der Waals surface area contributed by atoms with Crippen molar-refractivity contribution in [1.82, 2.24) is 4.57 Å². The number of carboxylic acids is 1. The fourth-order valence-electron chi connectivity index (χ4n) is 2.72. The molecular formula is C19H21NO5S. The highest BCUT2D eigenvalue weighted by molar-refractivity contribution is 8.00. The van der Waals surface area contributed by atoms with Crippen molar-refractivity contribution in [3.8, 4) is 0 Å². The molecule has 0 saturated carbocycles. The summed E-state index contributed by atoms with van der Waals surface area (Å²) in [6.07, 6.45) is 0.237. The summed E-state index contributed by atoms with van der Waals surface area (Å²) in [6, 6.07) is 8.43. The molecule has 0 unspecified atom stereocenters. The zero-order valence-corrected chi connectivity index (χ0v) is 15.8. The summed E-state index contributed by atoms with van der Waals surface area (Å²) in [4.78, 5) is 35.8. The van der Waals surface area contributed by atoms with Gasteiger partial charge in [-0.05, 0) is 32.0 Å². The SMILES string of the molecule is COC(=O)CCn1c(C)cc(C(=O)CSc2ccccc2C(=O)O)c1C. The summed E-state index contributed by atoms with van der Waals surface area (Å²) in [5.74, 6) is -1.24. The van der Waals surface area contributed by atoms with Gasteiger partial charge in [0.25, 0.3) is 0 Å². The number of carboxylic acid groups (broad SMARTS) is 1. The largest absolute Gasteiger partial charge is 0.478 e. The Kier molecular flexibility index (Phi) is 6.63. The Balaban J connectivity index is 2.11. The van der Waals surface area contributed by atoms with Crippen LogP contribution in [0.15, 0.2) is 35.2 Å². The minimum absolute atomic E-state index is 0.0763. The van der Waals surface area contributed by atoms with Crippen LogP contribution in [-0.2, 0) is 16.1 Å². The molecule has 138 valence electrons. The van der Waals surface area contributed by atoms with Crippen LogP contribution in [-0.4, -0.2) is 40.3 Å². The molecule has 26 heavy (non-hydrogen) atoms. The van der Waals surface area contributed by atoms with Gasteiger partial charge in [-0.1, -0.05) is 12.1 Å². The predicted octanol–water partition coefficient (Wildman–Crippen LogP) is 3.34. The van der Waals surface area contributed by atoms with Crippen molar-refractivity contribution in [2.24, 2.45) is 0 Å². The average molecular weight is 375 g/mol. The molecule has 2 rings (SSSR count). The maximum Gasteiger partial charge on any atom is 0.336 e. The Morgan fingerprint density at radius 3 is 2.50 bits per heavy atom. The number of ether oxygens (including phenoxy) is 1. The molecule has 1 N–H and O–H groups in total. The van der Waals surface area contributed by atoms with Crippen LogP contribution in [0.2, 0.25) is 0 Å². The normalized spacial score (nSPS) is 10.6. The molecule has 0 radical (unpaired) electrons. The molecular weight excluding hydrogens is 354 g/mol. The Morgan fingerprint density at radius 2 is 1.85 bits per heavy atom. The van der Waals surface area contributed by atoms with Crippen LogP contribution in [0.1, 0.15) is 38.5 Å². The summed E-state index contributed by atoms with van der Waals surface area (Å²) in [6.45, 7) is 4.17. The number of Topliss-reactive ketones (excluding diaryl/α,β-unsaturated/α-hetero) is 1. The fourth-order valence-corrected chi connectivity index (χ4v) is 3.65. The molecule has 0 fully saturated rings. The van der Waals surface area contributed by atoms with Gasteiger partial charge in [0.05, 0.1) is 24.8 Å². The Hall–Kier alpha value is -2.54. The number of aromatic nitrogens is 1. The van der Waals surface area contributed by atoms with E-state index in [-0.39, 0.29) is 29.5 Å². The van der Waals surface area contributed by atoms with Crippen LogP contribution in [0.25, 0.3) is 0 Å². The number of nitrogens with zero attached hydrogens (tertiary/aromatic N) is 1. The van der Waals surface area contributed by atoms with Crippen molar-refractivity contribution in [1.29, 1.82) is 0 Å². The molecule has 0 spiro atoms. The van der Waals surface area contributed by atoms with E-state index in [2.05, 4.69) is 4.74 Å². The van der Waals surface area contributed by atoms with Gasteiger partial charge < -0.3 is 14.4 Å². The van der Waals surface area contributed by atoms with E-state index >= 15 is 0 Å². The van der Waals surface area contributed by atoms with Gasteiger partial charge in [0.1, 0.15) is 0 Å². The molecule has 0 saturated heterocycles. The van der Waals surface area contributed by atoms with Crippen LogP contribution < -0.4 is 0 Å². The van der Waals surface area contributed by atoms with E-state index in [0.717, 1.165) is 11.4 Å². The van der Waals surface area contributed by atoms with E-state index in [1.54, 1.807) is 24.3 Å². The molecule has 0 bridgehead atoms. The third-order valence-corrected chi connectivity index (χ3v) is 5.19. The number of esters is 1. The molecule has 1 aromatic heterocycles. The molecule has 0 aliphatic carbocycles. The molecule has 0 aliphatic heterocycles. The number of hydrogen-bond acceptors (Lipinski definition) is 5. The number of hydrogen-bond donors (Lipinski definition) is 1. The standard InChI is InChI=1S/C19H21NO5S/c1-12-10-15(13(2)20(12)9-8-18(22)25-3)16(21)11-26-17-7-5-4-6-14(17)19(23)24/h4-7,10H,8-9,11H2,1-3H3,(H,23,24). The Labute approximate surface area is 156 Å². The van der Waals surface area contributed by atoms with Crippen molar-refractivity contribution in [2.75, 3.05) is 12.9 Å². The van der Waals surface area contributed by atoms with Crippen molar-refractivity contribution >= 4 is 29.5 Å². The summed E-state index contributed by atoms with van der Waals surface area (Å²) >= 11 is 1.21. The first kappa shape index (κ1) is 19.8. The highest BCUT2D eigenvalue weighted by atomic mass is 32.2. The zero-order valence-electron chi connectivity index (χ0n) is 14.9. The van der Waals surface area contributed by atoms with Crippen LogP contribution in [0.3, 0.4) is 0 Å². The van der Waals surface area contributed by atoms with E-state index in [1.807, 2.05) is 18.4 Å². The number of carbonyl (C=O) groups is 3. The second-order valence-corrected chi connectivity index (χ2v) is 6.79. The van der Waals surface area contributed by atoms with Gasteiger partial charge in [-0.25, -0.2) is 4.79 Å². The van der Waals surface area contributed by atoms with Gasteiger partial charge in [0, 0.05) is 28.4 Å². The van der Waals surface area contributed by atoms with Gasteiger partial charge >= 0.3 is 11.9 Å². The predicted molar refractivity (Wildman–Crippen MR) is 99.0 cm³/mol. The number of carbonyl (C=O) groups excluding carboxylic acids is 2. The quantitative estimate of drug-likeness (QED) is 0.433. The van der Waals surface area contributed by atoms with Gasteiger partial charge in [-0.2, -0.15) is 0 Å². The minimum atomic E-state index is -1.01. The highest BCUT2D eigenvalue weighted by Crippen LogP contribution is 2.25.